The Morgan fingerprint density at radius 2 is 1.88 bits per heavy atom. The maximum Gasteiger partial charge on any atom is 0.410 e. The van der Waals surface area contributed by atoms with Crippen molar-refractivity contribution in [1.29, 1.82) is 5.26 Å². The molecule has 1 aromatic carbocycles. The van der Waals surface area contributed by atoms with E-state index >= 15 is 0 Å². The largest absolute Gasteiger partial charge is 0.444 e. The average Bonchev–Trinajstić information content (AvgIpc) is 3.24. The summed E-state index contributed by atoms with van der Waals surface area (Å²) in [7, 11) is 0. The lowest BCUT2D eigenvalue weighted by molar-refractivity contribution is 0.0210. The molecule has 9 heteroatoms. The number of piperidine rings is 1. The number of hydrogen-bond donors (Lipinski definition) is 1. The van der Waals surface area contributed by atoms with E-state index in [9.17, 15) is 10.1 Å². The fourth-order valence-electron chi connectivity index (χ4n) is 3.96. The van der Waals surface area contributed by atoms with Gasteiger partial charge in [-0.05, 0) is 82.2 Å². The summed E-state index contributed by atoms with van der Waals surface area (Å²) in [6.07, 6.45) is 1.27. The van der Waals surface area contributed by atoms with Gasteiger partial charge in [0, 0.05) is 19.1 Å². The molecule has 0 aliphatic carbocycles. The van der Waals surface area contributed by atoms with Gasteiger partial charge >= 0.3 is 6.09 Å². The van der Waals surface area contributed by atoms with Gasteiger partial charge in [0.1, 0.15) is 16.2 Å². The van der Waals surface area contributed by atoms with E-state index in [4.69, 9.17) is 9.47 Å². The first-order chi connectivity index (χ1) is 16.1. The SMILES string of the molecule is Cc1cc(C#N)cc(C)c1Oc1nc(NC2CCN(C(=O)OC(C)(C)C)CC2)nc2sccc12. The zero-order chi connectivity index (χ0) is 24.5. The van der Waals surface area contributed by atoms with E-state index < -0.39 is 5.60 Å². The van der Waals surface area contributed by atoms with Crippen LogP contribution < -0.4 is 10.1 Å². The molecule has 0 atom stereocenters. The summed E-state index contributed by atoms with van der Waals surface area (Å²) >= 11 is 1.53. The Morgan fingerprint density at radius 3 is 2.50 bits per heavy atom. The van der Waals surface area contributed by atoms with Crippen molar-refractivity contribution in [2.24, 2.45) is 0 Å². The molecule has 8 nitrogen and oxygen atoms in total. The highest BCUT2D eigenvalue weighted by molar-refractivity contribution is 7.16. The Hall–Kier alpha value is -3.38. The monoisotopic (exact) mass is 479 g/mol. The lowest BCUT2D eigenvalue weighted by Crippen LogP contribution is -2.44. The number of hydrogen-bond acceptors (Lipinski definition) is 8. The van der Waals surface area contributed by atoms with Gasteiger partial charge in [-0.15, -0.1) is 11.3 Å². The van der Waals surface area contributed by atoms with Gasteiger partial charge in [-0.3, -0.25) is 0 Å². The summed E-state index contributed by atoms with van der Waals surface area (Å²) in [6.45, 7) is 10.7. The first-order valence-corrected chi connectivity index (χ1v) is 12.2. The number of likely N-dealkylation sites (tertiary alicyclic amines) is 1. The molecule has 0 spiro atoms. The molecule has 3 aromatic rings. The van der Waals surface area contributed by atoms with Crippen LogP contribution in [0, 0.1) is 25.2 Å². The number of amides is 1. The number of carbonyl (C=O) groups excluding carboxylic acids is 1. The van der Waals surface area contributed by atoms with Gasteiger partial charge in [0.15, 0.2) is 0 Å². The first-order valence-electron chi connectivity index (χ1n) is 11.3. The number of carbonyl (C=O) groups is 1. The van der Waals surface area contributed by atoms with Gasteiger partial charge in [0.2, 0.25) is 11.8 Å². The Labute approximate surface area is 203 Å². The van der Waals surface area contributed by atoms with Crippen molar-refractivity contribution in [3.63, 3.8) is 0 Å². The molecular weight excluding hydrogens is 450 g/mol. The second-order valence-corrected chi connectivity index (χ2v) is 10.4. The quantitative estimate of drug-likeness (QED) is 0.506. The zero-order valence-corrected chi connectivity index (χ0v) is 21.0. The van der Waals surface area contributed by atoms with Crippen LogP contribution in [0.25, 0.3) is 10.2 Å². The first kappa shape index (κ1) is 23.8. The van der Waals surface area contributed by atoms with E-state index in [1.165, 1.54) is 11.3 Å². The van der Waals surface area contributed by atoms with Crippen LogP contribution in [0.4, 0.5) is 10.7 Å². The number of nitrogens with zero attached hydrogens (tertiary/aromatic N) is 4. The van der Waals surface area contributed by atoms with Crippen molar-refractivity contribution in [2.75, 3.05) is 18.4 Å². The van der Waals surface area contributed by atoms with E-state index in [1.807, 2.05) is 58.2 Å². The summed E-state index contributed by atoms with van der Waals surface area (Å²) < 4.78 is 11.8. The molecule has 0 bridgehead atoms. The number of ether oxygens (including phenoxy) is 2. The van der Waals surface area contributed by atoms with Gasteiger partial charge in [-0.1, -0.05) is 0 Å². The molecule has 1 fully saturated rings. The second-order valence-electron chi connectivity index (χ2n) is 9.53. The molecule has 1 amide bonds. The Kier molecular flexibility index (Phi) is 6.62. The van der Waals surface area contributed by atoms with Crippen molar-refractivity contribution in [1.82, 2.24) is 14.9 Å². The minimum atomic E-state index is -0.502. The lowest BCUT2D eigenvalue weighted by atomic mass is 10.1. The van der Waals surface area contributed by atoms with Gasteiger partial charge in [-0.2, -0.15) is 10.2 Å². The fraction of sp³-hybridized carbons (Fsp3) is 0.440. The minimum Gasteiger partial charge on any atom is -0.444 e. The van der Waals surface area contributed by atoms with Crippen molar-refractivity contribution < 1.29 is 14.3 Å². The summed E-state index contributed by atoms with van der Waals surface area (Å²) in [5.74, 6) is 1.68. The molecular formula is C25H29N5O3S. The number of anilines is 1. The van der Waals surface area contributed by atoms with Crippen LogP contribution in [0.3, 0.4) is 0 Å². The predicted octanol–water partition coefficient (Wildman–Crippen LogP) is 5.78. The maximum atomic E-state index is 12.3. The molecule has 1 aliphatic heterocycles. The van der Waals surface area contributed by atoms with Crippen molar-refractivity contribution >= 4 is 33.6 Å². The summed E-state index contributed by atoms with van der Waals surface area (Å²) in [5.41, 5.74) is 1.86. The molecule has 1 aliphatic rings. The number of fused-ring (bicyclic) bond motifs is 1. The topological polar surface area (TPSA) is 100 Å². The van der Waals surface area contributed by atoms with Crippen molar-refractivity contribution in [3.8, 4) is 17.7 Å². The van der Waals surface area contributed by atoms with Gasteiger partial charge < -0.3 is 19.7 Å². The van der Waals surface area contributed by atoms with Gasteiger partial charge in [0.25, 0.3) is 0 Å². The van der Waals surface area contributed by atoms with Crippen LogP contribution in [-0.2, 0) is 4.74 Å². The Balaban J connectivity index is 1.49. The highest BCUT2D eigenvalue weighted by Crippen LogP contribution is 2.35. The molecule has 0 saturated carbocycles. The second kappa shape index (κ2) is 9.47. The molecule has 0 radical (unpaired) electrons. The number of aryl methyl sites for hydroxylation is 2. The van der Waals surface area contributed by atoms with E-state index in [0.29, 0.717) is 36.2 Å². The third-order valence-electron chi connectivity index (χ3n) is 5.56. The molecule has 0 unspecified atom stereocenters. The zero-order valence-electron chi connectivity index (χ0n) is 20.1. The molecule has 3 heterocycles. The molecule has 4 rings (SSSR count). The predicted molar refractivity (Wildman–Crippen MR) is 133 cm³/mol. The van der Waals surface area contributed by atoms with E-state index in [0.717, 1.165) is 34.2 Å². The Morgan fingerprint density at radius 1 is 1.21 bits per heavy atom. The van der Waals surface area contributed by atoms with E-state index in [-0.39, 0.29) is 12.1 Å². The third-order valence-corrected chi connectivity index (χ3v) is 6.36. The number of nitriles is 1. The summed E-state index contributed by atoms with van der Waals surface area (Å²) in [4.78, 5) is 24.3. The highest BCUT2D eigenvalue weighted by atomic mass is 32.1. The van der Waals surface area contributed by atoms with Crippen LogP contribution in [0.15, 0.2) is 23.6 Å². The lowest BCUT2D eigenvalue weighted by Gasteiger charge is -2.33. The van der Waals surface area contributed by atoms with Crippen LogP contribution in [0.2, 0.25) is 0 Å². The van der Waals surface area contributed by atoms with Crippen LogP contribution in [0.1, 0.15) is 50.3 Å². The van der Waals surface area contributed by atoms with Gasteiger partial charge in [0.05, 0.1) is 17.0 Å². The molecule has 34 heavy (non-hydrogen) atoms. The molecule has 1 N–H and O–H groups in total. The standard InChI is InChI=1S/C25H29N5O3S/c1-15-12-17(14-26)13-16(2)20(15)32-21-19-8-11-34-22(19)29-23(28-21)27-18-6-9-30(10-7-18)24(31)33-25(3,4)5/h8,11-13,18H,6-7,9-10H2,1-5H3,(H,27,28,29). The van der Waals surface area contributed by atoms with Crippen LogP contribution in [-0.4, -0.2) is 45.7 Å². The van der Waals surface area contributed by atoms with E-state index in [1.54, 1.807) is 4.90 Å². The smallest absolute Gasteiger partial charge is 0.410 e. The number of rotatable bonds is 4. The number of thiophene rings is 1. The normalized spacial score (nSPS) is 14.6. The fourth-order valence-corrected chi connectivity index (χ4v) is 4.71. The third kappa shape index (κ3) is 5.39. The summed E-state index contributed by atoms with van der Waals surface area (Å²) in [6, 6.07) is 7.89. The van der Waals surface area contributed by atoms with Crippen LogP contribution >= 0.6 is 11.3 Å². The number of nitrogens with one attached hydrogen (secondary N) is 1. The molecule has 2 aromatic heterocycles. The maximum absolute atomic E-state index is 12.3. The highest BCUT2D eigenvalue weighted by Gasteiger charge is 2.27. The molecule has 178 valence electrons. The summed E-state index contributed by atoms with van der Waals surface area (Å²) in [5, 5.41) is 15.5. The number of aromatic nitrogens is 2. The van der Waals surface area contributed by atoms with Crippen LogP contribution in [0.5, 0.6) is 11.6 Å². The van der Waals surface area contributed by atoms with Crippen molar-refractivity contribution in [3.05, 3.63) is 40.3 Å². The van der Waals surface area contributed by atoms with Gasteiger partial charge in [-0.25, -0.2) is 9.78 Å². The average molecular weight is 480 g/mol. The molecule has 1 saturated heterocycles. The van der Waals surface area contributed by atoms with E-state index in [2.05, 4.69) is 21.4 Å². The minimum absolute atomic E-state index is 0.141. The number of benzene rings is 1. The Bertz CT molecular complexity index is 1230. The van der Waals surface area contributed by atoms with Crippen molar-refractivity contribution in [2.45, 2.75) is 59.1 Å².